The van der Waals surface area contributed by atoms with E-state index in [-0.39, 0.29) is 39.2 Å². The first-order valence-corrected chi connectivity index (χ1v) is 4.44. The Labute approximate surface area is 79.6 Å². The Balaban J connectivity index is -0.000000405. The summed E-state index contributed by atoms with van der Waals surface area (Å²) in [5, 5.41) is 10.8. The average molecular weight is 177 g/mol. The molecular formula is C4H12LiNO4S. The summed E-state index contributed by atoms with van der Waals surface area (Å²) in [5.41, 5.74) is 0. The van der Waals surface area contributed by atoms with Crippen LogP contribution in [0.15, 0.2) is 0 Å². The average Bonchev–Trinajstić information content (AvgIpc) is 1.78. The fourth-order valence-electron chi connectivity index (χ4n) is 0.405. The molecule has 0 amide bonds. The Morgan fingerprint density at radius 3 is 2.27 bits per heavy atom. The third kappa shape index (κ3) is 13.4. The number of aliphatic hydroxyl groups excluding tert-OH is 1. The van der Waals surface area contributed by atoms with E-state index in [0.29, 0.717) is 6.54 Å². The summed E-state index contributed by atoms with van der Waals surface area (Å²) in [6.45, 7) is 0.473. The van der Waals surface area contributed by atoms with Crippen LogP contribution in [0.5, 0.6) is 0 Å². The second kappa shape index (κ2) is 7.10. The van der Waals surface area contributed by atoms with Crippen molar-refractivity contribution in [3.8, 4) is 0 Å². The second-order valence-corrected chi connectivity index (χ2v) is 3.33. The number of nitrogens with one attached hydrogen (secondary N) is 1. The Morgan fingerprint density at radius 1 is 1.36 bits per heavy atom. The molecule has 0 aliphatic heterocycles. The zero-order valence-electron chi connectivity index (χ0n) is 7.45. The molecule has 0 aromatic carbocycles. The molecule has 7 heteroatoms. The number of rotatable bonds is 5. The van der Waals surface area contributed by atoms with E-state index in [2.05, 4.69) is 5.32 Å². The van der Waals surface area contributed by atoms with Crippen LogP contribution < -0.4 is 24.2 Å². The number of aliphatic hydroxyl groups is 1. The quantitative estimate of drug-likeness (QED) is 0.224. The molecule has 11 heavy (non-hydrogen) atoms. The van der Waals surface area contributed by atoms with E-state index in [1.54, 1.807) is 0 Å². The molecule has 0 fully saturated rings. The van der Waals surface area contributed by atoms with Crippen LogP contribution in [0, 0.1) is 0 Å². The van der Waals surface area contributed by atoms with Gasteiger partial charge in [0, 0.05) is 13.1 Å². The van der Waals surface area contributed by atoms with Crippen LogP contribution in [0.1, 0.15) is 1.43 Å². The molecule has 0 heterocycles. The maximum absolute atomic E-state index is 10.0. The summed E-state index contributed by atoms with van der Waals surface area (Å²) < 4.78 is 28.3. The van der Waals surface area contributed by atoms with Crippen LogP contribution in [0.4, 0.5) is 0 Å². The van der Waals surface area contributed by atoms with E-state index in [0.717, 1.165) is 0 Å². The van der Waals surface area contributed by atoms with Crippen molar-refractivity contribution < 1.29 is 38.4 Å². The summed E-state index contributed by atoms with van der Waals surface area (Å²) in [7, 11) is -3.85. The van der Waals surface area contributed by atoms with Gasteiger partial charge in [-0.3, -0.25) is 4.55 Å². The van der Waals surface area contributed by atoms with Crippen LogP contribution in [-0.2, 0) is 10.1 Å². The number of hydrogen-bond acceptors (Lipinski definition) is 4. The fourth-order valence-corrected chi connectivity index (χ4v) is 0.807. The van der Waals surface area contributed by atoms with Crippen molar-refractivity contribution in [1.82, 2.24) is 5.32 Å². The van der Waals surface area contributed by atoms with Gasteiger partial charge in [0.25, 0.3) is 10.1 Å². The van der Waals surface area contributed by atoms with Crippen molar-refractivity contribution in [3.63, 3.8) is 0 Å². The third-order valence-corrected chi connectivity index (χ3v) is 1.55. The smallest absolute Gasteiger partial charge is 1.00 e. The molecule has 64 valence electrons. The van der Waals surface area contributed by atoms with Crippen molar-refractivity contribution in [2.45, 2.75) is 0 Å². The van der Waals surface area contributed by atoms with E-state index in [9.17, 15) is 8.42 Å². The van der Waals surface area contributed by atoms with Crippen molar-refractivity contribution in [3.05, 3.63) is 0 Å². The molecular weight excluding hydrogens is 165 g/mol. The number of hydrogen-bond donors (Lipinski definition) is 3. The standard InChI is InChI=1S/C4H11NO4S.Li.H/c6-3-1-5-2-4-10(7,8)9;;/h5-6H,1-4H2,(H,7,8,9);;/q;+1;-1. The van der Waals surface area contributed by atoms with Gasteiger partial charge in [-0.1, -0.05) is 0 Å². The topological polar surface area (TPSA) is 86.6 Å². The van der Waals surface area contributed by atoms with Crippen LogP contribution in [0.25, 0.3) is 0 Å². The first-order valence-electron chi connectivity index (χ1n) is 2.83. The summed E-state index contributed by atoms with van der Waals surface area (Å²) in [6.07, 6.45) is 0. The van der Waals surface area contributed by atoms with Crippen LogP contribution in [0.2, 0.25) is 0 Å². The molecule has 3 N–H and O–H groups in total. The minimum absolute atomic E-state index is 0. The molecule has 0 saturated carbocycles. The van der Waals surface area contributed by atoms with Gasteiger partial charge in [-0.25, -0.2) is 0 Å². The Kier molecular flexibility index (Phi) is 9.02. The maximum Gasteiger partial charge on any atom is 1.00 e. The molecule has 0 rings (SSSR count). The third-order valence-electron chi connectivity index (χ3n) is 0.825. The molecule has 0 aliphatic rings. The Hall–Kier alpha value is 0.427. The zero-order valence-corrected chi connectivity index (χ0v) is 7.26. The van der Waals surface area contributed by atoms with E-state index in [1.807, 2.05) is 0 Å². The predicted octanol–water partition coefficient (Wildman–Crippen LogP) is -4.43. The van der Waals surface area contributed by atoms with Gasteiger partial charge in [0.2, 0.25) is 0 Å². The molecule has 5 nitrogen and oxygen atoms in total. The van der Waals surface area contributed by atoms with Crippen molar-refractivity contribution in [2.24, 2.45) is 0 Å². The molecule has 0 aliphatic carbocycles. The van der Waals surface area contributed by atoms with Gasteiger partial charge in [-0.2, -0.15) is 8.42 Å². The van der Waals surface area contributed by atoms with Gasteiger partial charge in [-0.15, -0.1) is 0 Å². The van der Waals surface area contributed by atoms with E-state index >= 15 is 0 Å². The van der Waals surface area contributed by atoms with Crippen molar-refractivity contribution in [2.75, 3.05) is 25.4 Å². The monoisotopic (exact) mass is 177 g/mol. The zero-order chi connectivity index (χ0) is 8.04. The minimum Gasteiger partial charge on any atom is -1.00 e. The van der Waals surface area contributed by atoms with Gasteiger partial charge in [0.15, 0.2) is 0 Å². The first-order chi connectivity index (χ1) is 4.56. The summed E-state index contributed by atoms with van der Waals surface area (Å²) in [4.78, 5) is 0. The molecule has 0 aromatic heterocycles. The largest absolute Gasteiger partial charge is 1.00 e. The second-order valence-electron chi connectivity index (χ2n) is 1.76. The van der Waals surface area contributed by atoms with Crippen molar-refractivity contribution in [1.29, 1.82) is 0 Å². The van der Waals surface area contributed by atoms with Crippen LogP contribution in [-0.4, -0.2) is 43.5 Å². The SMILES string of the molecule is O=S(=O)(O)CCNCCO.[H-].[Li+]. The normalized spacial score (nSPS) is 10.7. The van der Waals surface area contributed by atoms with Gasteiger partial charge in [-0.05, 0) is 0 Å². The van der Waals surface area contributed by atoms with Crippen molar-refractivity contribution >= 4 is 10.1 Å². The van der Waals surface area contributed by atoms with Gasteiger partial charge >= 0.3 is 18.9 Å². The molecule has 0 atom stereocenters. The minimum atomic E-state index is -3.85. The molecule has 0 saturated heterocycles. The van der Waals surface area contributed by atoms with E-state index in [1.165, 1.54) is 0 Å². The molecule has 0 spiro atoms. The molecule has 0 unspecified atom stereocenters. The Morgan fingerprint density at radius 2 is 1.91 bits per heavy atom. The van der Waals surface area contributed by atoms with Crippen LogP contribution in [0.3, 0.4) is 0 Å². The fraction of sp³-hybridized carbons (Fsp3) is 1.00. The van der Waals surface area contributed by atoms with Gasteiger partial charge in [0.05, 0.1) is 12.4 Å². The molecule has 0 bridgehead atoms. The molecule has 0 aromatic rings. The van der Waals surface area contributed by atoms with Gasteiger partial charge < -0.3 is 11.8 Å². The maximum atomic E-state index is 10.0. The van der Waals surface area contributed by atoms with E-state index in [4.69, 9.17) is 9.66 Å². The van der Waals surface area contributed by atoms with E-state index < -0.39 is 10.1 Å². The summed E-state index contributed by atoms with van der Waals surface area (Å²) in [5.74, 6) is -0.312. The first kappa shape index (κ1) is 14.0. The summed E-state index contributed by atoms with van der Waals surface area (Å²) >= 11 is 0. The summed E-state index contributed by atoms with van der Waals surface area (Å²) in [6, 6.07) is 0. The molecule has 0 radical (unpaired) electrons. The van der Waals surface area contributed by atoms with Gasteiger partial charge in [0.1, 0.15) is 0 Å². The van der Waals surface area contributed by atoms with Crippen LogP contribution >= 0.6 is 0 Å². The predicted molar refractivity (Wildman–Crippen MR) is 37.5 cm³/mol. The Bertz CT molecular complexity index is 174.